The smallest absolute Gasteiger partial charge is 0.282 e. The number of fused-ring (bicyclic) bond motifs is 1. The Bertz CT molecular complexity index is 1510. The first-order chi connectivity index (χ1) is 18.0. The summed E-state index contributed by atoms with van der Waals surface area (Å²) in [6.45, 7) is 0.151. The molecule has 1 fully saturated rings. The molecule has 0 amide bonds. The SMILES string of the molecule is COc1cccc(C=Nn2c(C3CCCCC3)nc3ccc(Br)cc3c2=O)c1OCc1cccc(F)c1. The van der Waals surface area contributed by atoms with E-state index in [1.165, 1.54) is 23.2 Å². The van der Waals surface area contributed by atoms with Crippen LogP contribution in [-0.2, 0) is 6.61 Å². The minimum absolute atomic E-state index is 0.151. The molecule has 1 heterocycles. The molecule has 8 heteroatoms. The maximum Gasteiger partial charge on any atom is 0.282 e. The van der Waals surface area contributed by atoms with Gasteiger partial charge in [0.1, 0.15) is 18.2 Å². The average molecular weight is 564 g/mol. The van der Waals surface area contributed by atoms with Crippen LogP contribution in [0.1, 0.15) is 55.0 Å². The number of ether oxygens (including phenoxy) is 2. The van der Waals surface area contributed by atoms with Crippen molar-refractivity contribution in [2.24, 2.45) is 5.10 Å². The summed E-state index contributed by atoms with van der Waals surface area (Å²) in [5.41, 5.74) is 1.77. The predicted molar refractivity (Wildman–Crippen MR) is 146 cm³/mol. The summed E-state index contributed by atoms with van der Waals surface area (Å²) in [5.74, 6) is 1.50. The topological polar surface area (TPSA) is 65.7 Å². The maximum absolute atomic E-state index is 13.6. The van der Waals surface area contributed by atoms with Crippen LogP contribution < -0.4 is 15.0 Å². The number of hydrogen-bond donors (Lipinski definition) is 0. The Balaban J connectivity index is 1.56. The molecule has 37 heavy (non-hydrogen) atoms. The Hall–Kier alpha value is -3.52. The highest BCUT2D eigenvalue weighted by atomic mass is 79.9. The summed E-state index contributed by atoms with van der Waals surface area (Å²) < 4.78 is 27.5. The molecular formula is C29H27BrFN3O3. The van der Waals surface area contributed by atoms with E-state index in [-0.39, 0.29) is 23.9 Å². The summed E-state index contributed by atoms with van der Waals surface area (Å²) >= 11 is 3.46. The fourth-order valence-corrected chi connectivity index (χ4v) is 5.12. The van der Waals surface area contributed by atoms with Gasteiger partial charge in [-0.05, 0) is 60.9 Å². The minimum Gasteiger partial charge on any atom is -0.493 e. The standard InChI is InChI=1S/C29H27BrFN3O3/c1-36-26-12-6-10-21(27(26)37-18-19-7-5-11-23(31)15-19)17-32-34-28(20-8-3-2-4-9-20)33-25-14-13-22(30)16-24(25)29(34)35/h5-7,10-17,20H,2-4,8-9,18H2,1H3. The van der Waals surface area contributed by atoms with E-state index in [9.17, 15) is 9.18 Å². The summed E-state index contributed by atoms with van der Waals surface area (Å²) in [6, 6.07) is 17.2. The number of benzene rings is 3. The molecule has 0 bridgehead atoms. The van der Waals surface area contributed by atoms with Gasteiger partial charge in [0, 0.05) is 16.0 Å². The molecule has 3 aromatic carbocycles. The highest BCUT2D eigenvalue weighted by Crippen LogP contribution is 2.33. The third kappa shape index (κ3) is 5.59. The quantitative estimate of drug-likeness (QED) is 0.231. The fourth-order valence-electron chi connectivity index (χ4n) is 4.75. The zero-order valence-electron chi connectivity index (χ0n) is 20.5. The monoisotopic (exact) mass is 563 g/mol. The second-order valence-corrected chi connectivity index (χ2v) is 10.0. The molecule has 190 valence electrons. The molecule has 1 aliphatic rings. The van der Waals surface area contributed by atoms with E-state index >= 15 is 0 Å². The number of hydrogen-bond acceptors (Lipinski definition) is 5. The average Bonchev–Trinajstić information content (AvgIpc) is 2.92. The van der Waals surface area contributed by atoms with Gasteiger partial charge in [-0.2, -0.15) is 9.78 Å². The van der Waals surface area contributed by atoms with Crippen molar-refractivity contribution in [3.8, 4) is 11.5 Å². The van der Waals surface area contributed by atoms with Crippen molar-refractivity contribution in [1.82, 2.24) is 9.66 Å². The molecule has 0 atom stereocenters. The summed E-state index contributed by atoms with van der Waals surface area (Å²) in [7, 11) is 1.56. The van der Waals surface area contributed by atoms with Crippen LogP contribution in [0, 0.1) is 5.82 Å². The number of aromatic nitrogens is 2. The van der Waals surface area contributed by atoms with Crippen LogP contribution in [0.25, 0.3) is 10.9 Å². The van der Waals surface area contributed by atoms with Gasteiger partial charge >= 0.3 is 0 Å². The molecule has 1 saturated carbocycles. The van der Waals surface area contributed by atoms with Crippen LogP contribution in [0.4, 0.5) is 4.39 Å². The molecule has 0 aliphatic heterocycles. The van der Waals surface area contributed by atoms with Gasteiger partial charge in [-0.1, -0.05) is 53.4 Å². The van der Waals surface area contributed by atoms with Crippen LogP contribution in [-0.4, -0.2) is 23.0 Å². The third-order valence-corrected chi connectivity index (χ3v) is 7.11. The predicted octanol–water partition coefficient (Wildman–Crippen LogP) is 6.82. The molecule has 0 unspecified atom stereocenters. The lowest BCUT2D eigenvalue weighted by Crippen LogP contribution is -2.25. The van der Waals surface area contributed by atoms with Crippen molar-refractivity contribution >= 4 is 33.0 Å². The first-order valence-corrected chi connectivity index (χ1v) is 13.1. The zero-order chi connectivity index (χ0) is 25.8. The highest BCUT2D eigenvalue weighted by Gasteiger charge is 2.22. The Labute approximate surface area is 222 Å². The van der Waals surface area contributed by atoms with Gasteiger partial charge in [0.05, 0.1) is 24.2 Å². The van der Waals surface area contributed by atoms with Crippen molar-refractivity contribution in [3.05, 3.63) is 98.3 Å². The van der Waals surface area contributed by atoms with Crippen molar-refractivity contribution < 1.29 is 13.9 Å². The van der Waals surface area contributed by atoms with Crippen molar-refractivity contribution in [1.29, 1.82) is 0 Å². The van der Waals surface area contributed by atoms with Gasteiger partial charge in [0.25, 0.3) is 5.56 Å². The second-order valence-electron chi connectivity index (χ2n) is 9.13. The van der Waals surface area contributed by atoms with Crippen molar-refractivity contribution in [2.45, 2.75) is 44.6 Å². The number of nitrogens with zero attached hydrogens (tertiary/aromatic N) is 3. The van der Waals surface area contributed by atoms with Crippen LogP contribution in [0.15, 0.2) is 75.0 Å². The summed E-state index contributed by atoms with van der Waals surface area (Å²) in [5, 5.41) is 5.14. The number of para-hydroxylation sites is 1. The van der Waals surface area contributed by atoms with E-state index in [1.54, 1.807) is 37.6 Å². The first-order valence-electron chi connectivity index (χ1n) is 12.3. The lowest BCUT2D eigenvalue weighted by Gasteiger charge is -2.22. The lowest BCUT2D eigenvalue weighted by atomic mass is 9.88. The van der Waals surface area contributed by atoms with E-state index in [2.05, 4.69) is 21.0 Å². The summed E-state index contributed by atoms with van der Waals surface area (Å²) in [4.78, 5) is 18.5. The van der Waals surface area contributed by atoms with Gasteiger partial charge in [-0.15, -0.1) is 0 Å². The van der Waals surface area contributed by atoms with E-state index in [0.717, 1.165) is 30.2 Å². The van der Waals surface area contributed by atoms with E-state index in [0.29, 0.717) is 39.4 Å². The third-order valence-electron chi connectivity index (χ3n) is 6.62. The van der Waals surface area contributed by atoms with Crippen molar-refractivity contribution in [3.63, 3.8) is 0 Å². The lowest BCUT2D eigenvalue weighted by molar-refractivity contribution is 0.283. The normalized spacial score (nSPS) is 14.4. The van der Waals surface area contributed by atoms with E-state index in [1.807, 2.05) is 24.3 Å². The van der Waals surface area contributed by atoms with Gasteiger partial charge < -0.3 is 9.47 Å². The molecule has 0 spiro atoms. The highest BCUT2D eigenvalue weighted by molar-refractivity contribution is 9.10. The maximum atomic E-state index is 13.6. The number of methoxy groups -OCH3 is 1. The van der Waals surface area contributed by atoms with Gasteiger partial charge in [-0.3, -0.25) is 4.79 Å². The van der Waals surface area contributed by atoms with E-state index < -0.39 is 0 Å². The molecule has 0 radical (unpaired) electrons. The second kappa shape index (κ2) is 11.3. The molecule has 0 saturated heterocycles. The fraction of sp³-hybridized carbons (Fsp3) is 0.276. The number of rotatable bonds is 7. The van der Waals surface area contributed by atoms with Crippen LogP contribution in [0.2, 0.25) is 0 Å². The van der Waals surface area contributed by atoms with Crippen LogP contribution in [0.5, 0.6) is 11.5 Å². The molecule has 5 rings (SSSR count). The molecular weight excluding hydrogens is 537 g/mol. The van der Waals surface area contributed by atoms with E-state index in [4.69, 9.17) is 14.5 Å². The Morgan fingerprint density at radius 2 is 1.92 bits per heavy atom. The Kier molecular flexibility index (Phi) is 7.65. The Morgan fingerprint density at radius 1 is 1.11 bits per heavy atom. The summed E-state index contributed by atoms with van der Waals surface area (Å²) in [6.07, 6.45) is 6.96. The van der Waals surface area contributed by atoms with Crippen LogP contribution >= 0.6 is 15.9 Å². The molecule has 0 N–H and O–H groups in total. The molecule has 1 aliphatic carbocycles. The number of halogens is 2. The van der Waals surface area contributed by atoms with Crippen molar-refractivity contribution in [2.75, 3.05) is 7.11 Å². The van der Waals surface area contributed by atoms with Gasteiger partial charge in [0.2, 0.25) is 0 Å². The molecule has 1 aromatic heterocycles. The minimum atomic E-state index is -0.326. The van der Waals surface area contributed by atoms with Gasteiger partial charge in [0.15, 0.2) is 11.5 Å². The zero-order valence-corrected chi connectivity index (χ0v) is 22.1. The molecule has 4 aromatic rings. The molecule has 6 nitrogen and oxygen atoms in total. The first kappa shape index (κ1) is 25.1. The van der Waals surface area contributed by atoms with Gasteiger partial charge in [-0.25, -0.2) is 9.37 Å². The Morgan fingerprint density at radius 3 is 2.70 bits per heavy atom. The largest absolute Gasteiger partial charge is 0.493 e. The van der Waals surface area contributed by atoms with Crippen LogP contribution in [0.3, 0.4) is 0 Å².